The largest absolute Gasteiger partial charge is 0.381 e. The molecule has 1 aromatic carbocycles. The minimum Gasteiger partial charge on any atom is -0.381 e. The molecule has 160 valence electrons. The molecule has 1 aliphatic rings. The first-order chi connectivity index (χ1) is 14.4. The van der Waals surface area contributed by atoms with Crippen molar-refractivity contribution in [2.24, 2.45) is 5.92 Å². The van der Waals surface area contributed by atoms with Crippen molar-refractivity contribution in [2.75, 3.05) is 13.2 Å². The molecule has 2 aromatic heterocycles. The summed E-state index contributed by atoms with van der Waals surface area (Å²) in [7, 11) is 0. The third-order valence-corrected chi connectivity index (χ3v) is 5.68. The normalized spacial score (nSPS) is 16.4. The van der Waals surface area contributed by atoms with Crippen LogP contribution in [0.4, 0.5) is 8.78 Å². The maximum absolute atomic E-state index is 14.0. The summed E-state index contributed by atoms with van der Waals surface area (Å²) in [5.41, 5.74) is 2.17. The van der Waals surface area contributed by atoms with Gasteiger partial charge in [0.15, 0.2) is 17.3 Å². The number of aromatic amines is 1. The van der Waals surface area contributed by atoms with E-state index in [9.17, 15) is 13.6 Å². The highest BCUT2D eigenvalue weighted by Gasteiger charge is 2.22. The van der Waals surface area contributed by atoms with Gasteiger partial charge in [0.25, 0.3) is 5.56 Å². The van der Waals surface area contributed by atoms with Gasteiger partial charge in [0, 0.05) is 49.1 Å². The summed E-state index contributed by atoms with van der Waals surface area (Å²) in [6.07, 6.45) is 1.81. The molecule has 0 saturated carbocycles. The summed E-state index contributed by atoms with van der Waals surface area (Å²) < 4.78 is 34.4. The zero-order valence-corrected chi connectivity index (χ0v) is 17.1. The molecule has 3 heterocycles. The fourth-order valence-electron chi connectivity index (χ4n) is 3.99. The van der Waals surface area contributed by atoms with E-state index in [-0.39, 0.29) is 29.6 Å². The second-order valence-electron chi connectivity index (χ2n) is 8.13. The highest BCUT2D eigenvalue weighted by atomic mass is 19.2. The van der Waals surface area contributed by atoms with Gasteiger partial charge < -0.3 is 10.1 Å². The lowest BCUT2D eigenvalue weighted by Gasteiger charge is -2.22. The van der Waals surface area contributed by atoms with Gasteiger partial charge in [0.1, 0.15) is 0 Å². The lowest BCUT2D eigenvalue weighted by atomic mass is 9.97. The predicted octanol–water partition coefficient (Wildman–Crippen LogP) is 3.68. The van der Waals surface area contributed by atoms with Crippen molar-refractivity contribution in [3.05, 3.63) is 69.3 Å². The summed E-state index contributed by atoms with van der Waals surface area (Å²) in [6.45, 7) is 5.54. The molecule has 2 N–H and O–H groups in total. The van der Waals surface area contributed by atoms with E-state index in [1.165, 1.54) is 16.6 Å². The van der Waals surface area contributed by atoms with Crippen LogP contribution in [0, 0.1) is 17.6 Å². The smallest absolute Gasteiger partial charge is 0.272 e. The number of rotatable bonds is 6. The second-order valence-corrected chi connectivity index (χ2v) is 8.13. The number of nitrogens with zero attached hydrogens (tertiary/aromatic N) is 2. The fraction of sp³-hybridized carbons (Fsp3) is 0.455. The van der Waals surface area contributed by atoms with E-state index in [1.54, 1.807) is 6.07 Å². The molecule has 1 aliphatic heterocycles. The number of hydrogen-bond donors (Lipinski definition) is 2. The van der Waals surface area contributed by atoms with E-state index >= 15 is 0 Å². The van der Waals surface area contributed by atoms with Crippen LogP contribution in [0.25, 0.3) is 5.65 Å². The molecule has 4 rings (SSSR count). The van der Waals surface area contributed by atoms with Crippen LogP contribution in [0.15, 0.2) is 35.1 Å². The van der Waals surface area contributed by atoms with E-state index in [1.807, 2.05) is 19.9 Å². The highest BCUT2D eigenvalue weighted by Crippen LogP contribution is 2.27. The maximum atomic E-state index is 14.0. The van der Waals surface area contributed by atoms with E-state index < -0.39 is 11.6 Å². The summed E-state index contributed by atoms with van der Waals surface area (Å²) >= 11 is 0. The molecular formula is C22H26F2N4O2. The third-order valence-electron chi connectivity index (χ3n) is 5.68. The van der Waals surface area contributed by atoms with Crippen molar-refractivity contribution >= 4 is 5.65 Å². The van der Waals surface area contributed by atoms with Crippen LogP contribution in [-0.4, -0.2) is 27.8 Å². The lowest BCUT2D eigenvalue weighted by Crippen LogP contribution is -2.29. The standard InChI is InChI=1S/C22H26F2N4O2/c1-13(2)22(25-12-15-4-3-5-16(23)21(15)24)18-11-20(29)28-19(26-18)10-17(27-28)14-6-8-30-9-7-14/h3-5,10-11,13-14,22,25,27H,6-9,12H2,1-2H3/t22-/m0/s1. The Morgan fingerprint density at radius 2 is 2.03 bits per heavy atom. The number of hydrogen-bond acceptors (Lipinski definition) is 4. The summed E-state index contributed by atoms with van der Waals surface area (Å²) in [5, 5.41) is 6.41. The first-order valence-electron chi connectivity index (χ1n) is 10.3. The van der Waals surface area contributed by atoms with Crippen LogP contribution in [-0.2, 0) is 11.3 Å². The Morgan fingerprint density at radius 3 is 2.77 bits per heavy atom. The SMILES string of the molecule is CC(C)[C@H](NCc1cccc(F)c1F)c1cc(=O)n2[nH]c(C3CCOCC3)cc2n1. The first kappa shape index (κ1) is 20.7. The van der Waals surface area contributed by atoms with Gasteiger partial charge in [-0.25, -0.2) is 18.3 Å². The number of fused-ring (bicyclic) bond motifs is 1. The van der Waals surface area contributed by atoms with Gasteiger partial charge in [-0.2, -0.15) is 0 Å². The molecule has 1 saturated heterocycles. The minimum atomic E-state index is -0.874. The Kier molecular flexibility index (Phi) is 5.97. The first-order valence-corrected chi connectivity index (χ1v) is 10.3. The Bertz CT molecular complexity index is 1090. The van der Waals surface area contributed by atoms with Crippen molar-refractivity contribution < 1.29 is 13.5 Å². The summed E-state index contributed by atoms with van der Waals surface area (Å²) in [5.74, 6) is -1.33. The Balaban J connectivity index is 1.61. The van der Waals surface area contributed by atoms with Crippen molar-refractivity contribution in [3.8, 4) is 0 Å². The number of H-pyrrole nitrogens is 1. The average molecular weight is 416 g/mol. The van der Waals surface area contributed by atoms with Crippen LogP contribution in [0.2, 0.25) is 0 Å². The lowest BCUT2D eigenvalue weighted by molar-refractivity contribution is 0.0844. The molecule has 0 aliphatic carbocycles. The fourth-order valence-corrected chi connectivity index (χ4v) is 3.99. The van der Waals surface area contributed by atoms with Gasteiger partial charge in [0.2, 0.25) is 0 Å². The van der Waals surface area contributed by atoms with E-state index in [2.05, 4.69) is 10.4 Å². The quantitative estimate of drug-likeness (QED) is 0.643. The van der Waals surface area contributed by atoms with Gasteiger partial charge in [0.05, 0.1) is 11.7 Å². The Labute approximate surface area is 173 Å². The third kappa shape index (κ3) is 4.15. The van der Waals surface area contributed by atoms with Crippen LogP contribution < -0.4 is 10.9 Å². The van der Waals surface area contributed by atoms with Crippen LogP contribution in [0.3, 0.4) is 0 Å². The van der Waals surface area contributed by atoms with Crippen LogP contribution >= 0.6 is 0 Å². The maximum Gasteiger partial charge on any atom is 0.272 e. The number of halogens is 2. The average Bonchev–Trinajstić information content (AvgIpc) is 3.16. The molecule has 1 atom stereocenters. The van der Waals surface area contributed by atoms with Gasteiger partial charge in [-0.3, -0.25) is 9.89 Å². The van der Waals surface area contributed by atoms with Crippen molar-refractivity contribution in [2.45, 2.75) is 45.2 Å². The molecule has 0 unspecified atom stereocenters. The molecule has 0 spiro atoms. The van der Waals surface area contributed by atoms with E-state index in [0.717, 1.165) is 24.6 Å². The summed E-state index contributed by atoms with van der Waals surface area (Å²) in [4.78, 5) is 17.4. The molecule has 30 heavy (non-hydrogen) atoms. The monoisotopic (exact) mass is 416 g/mol. The van der Waals surface area contributed by atoms with Crippen LogP contribution in [0.1, 0.15) is 55.6 Å². The molecule has 8 heteroatoms. The zero-order chi connectivity index (χ0) is 21.3. The molecule has 3 aromatic rings. The number of benzene rings is 1. The van der Waals surface area contributed by atoms with Gasteiger partial charge in [-0.1, -0.05) is 26.0 Å². The van der Waals surface area contributed by atoms with Crippen molar-refractivity contribution in [1.82, 2.24) is 19.9 Å². The molecular weight excluding hydrogens is 390 g/mol. The van der Waals surface area contributed by atoms with E-state index in [0.29, 0.717) is 30.5 Å². The molecule has 0 radical (unpaired) electrons. The number of nitrogens with one attached hydrogen (secondary N) is 2. The van der Waals surface area contributed by atoms with E-state index in [4.69, 9.17) is 9.72 Å². The molecule has 6 nitrogen and oxygen atoms in total. The predicted molar refractivity (Wildman–Crippen MR) is 109 cm³/mol. The van der Waals surface area contributed by atoms with Gasteiger partial charge in [-0.05, 0) is 24.8 Å². The Morgan fingerprint density at radius 1 is 1.27 bits per heavy atom. The number of aromatic nitrogens is 3. The molecule has 0 bridgehead atoms. The summed E-state index contributed by atoms with van der Waals surface area (Å²) in [6, 6.07) is 7.25. The minimum absolute atomic E-state index is 0.0878. The Hall–Kier alpha value is -2.58. The van der Waals surface area contributed by atoms with Crippen molar-refractivity contribution in [1.29, 1.82) is 0 Å². The zero-order valence-electron chi connectivity index (χ0n) is 17.1. The highest BCUT2D eigenvalue weighted by molar-refractivity contribution is 5.41. The van der Waals surface area contributed by atoms with Crippen LogP contribution in [0.5, 0.6) is 0 Å². The second kappa shape index (κ2) is 8.65. The van der Waals surface area contributed by atoms with Gasteiger partial charge >= 0.3 is 0 Å². The molecule has 0 amide bonds. The topological polar surface area (TPSA) is 71.4 Å². The number of ether oxygens (including phenoxy) is 1. The molecule has 1 fully saturated rings. The van der Waals surface area contributed by atoms with Crippen molar-refractivity contribution in [3.63, 3.8) is 0 Å². The van der Waals surface area contributed by atoms with Gasteiger partial charge in [-0.15, -0.1) is 0 Å².